The van der Waals surface area contributed by atoms with E-state index in [4.69, 9.17) is 0 Å². The van der Waals surface area contributed by atoms with Crippen molar-refractivity contribution in [2.75, 3.05) is 11.9 Å². The molecule has 1 spiro atoms. The number of hydrogen-bond acceptors (Lipinski definition) is 5. The molecule has 1 aliphatic heterocycles. The summed E-state index contributed by atoms with van der Waals surface area (Å²) in [5.41, 5.74) is -0.750. The SMILES string of the molecule is CC1CCC2(CC1)NC(=O)N(CC(=O)Nc1nc(-c3cc(F)ccc3F)cs1)C2=O. The summed E-state index contributed by atoms with van der Waals surface area (Å²) < 4.78 is 27.3. The van der Waals surface area contributed by atoms with Crippen molar-refractivity contribution in [2.45, 2.75) is 38.1 Å². The predicted octanol–water partition coefficient (Wildman–Crippen LogP) is 3.53. The third-order valence-corrected chi connectivity index (χ3v) is 6.39. The highest BCUT2D eigenvalue weighted by atomic mass is 32.1. The second-order valence-electron chi connectivity index (χ2n) is 7.80. The number of amides is 4. The van der Waals surface area contributed by atoms with Crippen LogP contribution in [0.3, 0.4) is 0 Å². The van der Waals surface area contributed by atoms with Crippen molar-refractivity contribution in [1.29, 1.82) is 0 Å². The van der Waals surface area contributed by atoms with Crippen LogP contribution in [0.4, 0.5) is 18.7 Å². The fourth-order valence-electron chi connectivity index (χ4n) is 3.86. The quantitative estimate of drug-likeness (QED) is 0.721. The molecule has 1 aliphatic carbocycles. The molecule has 2 heterocycles. The molecule has 1 aromatic heterocycles. The van der Waals surface area contributed by atoms with E-state index in [-0.39, 0.29) is 22.3 Å². The van der Waals surface area contributed by atoms with Crippen LogP contribution in [0.15, 0.2) is 23.6 Å². The van der Waals surface area contributed by atoms with Gasteiger partial charge in [-0.3, -0.25) is 14.5 Å². The Morgan fingerprint density at radius 3 is 2.80 bits per heavy atom. The first-order valence-electron chi connectivity index (χ1n) is 9.62. The predicted molar refractivity (Wildman–Crippen MR) is 107 cm³/mol. The molecule has 30 heavy (non-hydrogen) atoms. The first kappa shape index (κ1) is 20.4. The zero-order valence-electron chi connectivity index (χ0n) is 16.2. The molecule has 2 aromatic rings. The van der Waals surface area contributed by atoms with E-state index < -0.39 is 35.7 Å². The van der Waals surface area contributed by atoms with Crippen LogP contribution in [-0.4, -0.2) is 39.8 Å². The Morgan fingerprint density at radius 2 is 2.07 bits per heavy atom. The van der Waals surface area contributed by atoms with Gasteiger partial charge in [-0.1, -0.05) is 6.92 Å². The highest BCUT2D eigenvalue weighted by molar-refractivity contribution is 7.14. The molecule has 1 saturated carbocycles. The monoisotopic (exact) mass is 434 g/mol. The number of hydrogen-bond donors (Lipinski definition) is 2. The molecule has 0 atom stereocenters. The van der Waals surface area contributed by atoms with Crippen LogP contribution in [0.25, 0.3) is 11.3 Å². The summed E-state index contributed by atoms with van der Waals surface area (Å²) in [4.78, 5) is 42.6. The molecule has 10 heteroatoms. The van der Waals surface area contributed by atoms with Gasteiger partial charge in [0.1, 0.15) is 23.7 Å². The minimum Gasteiger partial charge on any atom is -0.323 e. The number of anilines is 1. The van der Waals surface area contributed by atoms with E-state index in [0.717, 1.165) is 47.3 Å². The van der Waals surface area contributed by atoms with E-state index >= 15 is 0 Å². The van der Waals surface area contributed by atoms with Crippen LogP contribution in [0, 0.1) is 17.6 Å². The van der Waals surface area contributed by atoms with Gasteiger partial charge in [0, 0.05) is 10.9 Å². The number of nitrogens with zero attached hydrogens (tertiary/aromatic N) is 2. The summed E-state index contributed by atoms with van der Waals surface area (Å²) in [6, 6.07) is 2.45. The standard InChI is InChI=1S/C20H20F2N4O3S/c1-11-4-6-20(7-5-11)17(28)26(19(29)25-20)9-16(27)24-18-23-15(10-30-18)13-8-12(21)2-3-14(13)22/h2-3,8,10-11H,4-7,9H2,1H3,(H,25,29)(H,23,24,27). The van der Waals surface area contributed by atoms with Gasteiger partial charge in [0.2, 0.25) is 5.91 Å². The van der Waals surface area contributed by atoms with E-state index in [2.05, 4.69) is 22.5 Å². The first-order valence-corrected chi connectivity index (χ1v) is 10.5. The molecule has 2 aliphatic rings. The maximum Gasteiger partial charge on any atom is 0.325 e. The van der Waals surface area contributed by atoms with Crippen LogP contribution < -0.4 is 10.6 Å². The molecule has 2 fully saturated rings. The van der Waals surface area contributed by atoms with Crippen molar-refractivity contribution in [3.05, 3.63) is 35.2 Å². The second-order valence-corrected chi connectivity index (χ2v) is 8.65. The van der Waals surface area contributed by atoms with Crippen molar-refractivity contribution in [3.8, 4) is 11.3 Å². The van der Waals surface area contributed by atoms with Gasteiger partial charge >= 0.3 is 6.03 Å². The van der Waals surface area contributed by atoms with Gasteiger partial charge in [0.05, 0.1) is 5.69 Å². The minimum absolute atomic E-state index is 0.0192. The fraction of sp³-hybridized carbons (Fsp3) is 0.400. The number of thiazole rings is 1. The van der Waals surface area contributed by atoms with Gasteiger partial charge in [-0.15, -0.1) is 11.3 Å². The smallest absolute Gasteiger partial charge is 0.323 e. The Hall–Kier alpha value is -2.88. The molecule has 0 radical (unpaired) electrons. The van der Waals surface area contributed by atoms with Crippen LogP contribution in [0.2, 0.25) is 0 Å². The highest BCUT2D eigenvalue weighted by Gasteiger charge is 2.52. The Labute approximate surface area is 175 Å². The van der Waals surface area contributed by atoms with E-state index in [1.165, 1.54) is 5.38 Å². The maximum absolute atomic E-state index is 13.9. The number of carbonyl (C=O) groups is 3. The van der Waals surface area contributed by atoms with Crippen LogP contribution in [0.1, 0.15) is 32.6 Å². The Morgan fingerprint density at radius 1 is 1.33 bits per heavy atom. The van der Waals surface area contributed by atoms with Gasteiger partial charge in [-0.25, -0.2) is 18.6 Å². The summed E-state index contributed by atoms with van der Waals surface area (Å²) in [7, 11) is 0. The molecule has 1 aromatic carbocycles. The number of nitrogens with one attached hydrogen (secondary N) is 2. The number of imide groups is 1. The Bertz CT molecular complexity index is 1020. The number of halogens is 2. The molecule has 2 N–H and O–H groups in total. The van der Waals surface area contributed by atoms with Crippen molar-refractivity contribution >= 4 is 34.3 Å². The highest BCUT2D eigenvalue weighted by Crippen LogP contribution is 2.36. The van der Waals surface area contributed by atoms with Crippen LogP contribution >= 0.6 is 11.3 Å². The van der Waals surface area contributed by atoms with Gasteiger partial charge in [-0.2, -0.15) is 0 Å². The van der Waals surface area contributed by atoms with Crippen LogP contribution in [0.5, 0.6) is 0 Å². The zero-order chi connectivity index (χ0) is 21.5. The average molecular weight is 434 g/mol. The van der Waals surface area contributed by atoms with Crippen LogP contribution in [-0.2, 0) is 9.59 Å². The molecule has 4 amide bonds. The largest absolute Gasteiger partial charge is 0.325 e. The van der Waals surface area contributed by atoms with E-state index in [9.17, 15) is 23.2 Å². The lowest BCUT2D eigenvalue weighted by Gasteiger charge is -2.33. The Kier molecular flexibility index (Phi) is 5.27. The summed E-state index contributed by atoms with van der Waals surface area (Å²) in [6.45, 7) is 1.67. The number of benzene rings is 1. The molecule has 0 unspecified atom stereocenters. The average Bonchev–Trinajstić information content (AvgIpc) is 3.25. The fourth-order valence-corrected chi connectivity index (χ4v) is 4.59. The van der Waals surface area contributed by atoms with Gasteiger partial charge in [0.15, 0.2) is 5.13 Å². The summed E-state index contributed by atoms with van der Waals surface area (Å²) >= 11 is 1.03. The number of rotatable bonds is 4. The normalized spacial score (nSPS) is 23.7. The van der Waals surface area contributed by atoms with E-state index in [0.29, 0.717) is 18.8 Å². The minimum atomic E-state index is -0.910. The zero-order valence-corrected chi connectivity index (χ0v) is 17.0. The summed E-state index contributed by atoms with van der Waals surface area (Å²) in [6.07, 6.45) is 2.80. The lowest BCUT2D eigenvalue weighted by atomic mass is 9.77. The number of carbonyl (C=O) groups excluding carboxylic acids is 3. The lowest BCUT2D eigenvalue weighted by Crippen LogP contribution is -2.49. The molecule has 7 nitrogen and oxygen atoms in total. The third-order valence-electron chi connectivity index (χ3n) is 5.63. The molecule has 4 rings (SSSR count). The molecular weight excluding hydrogens is 414 g/mol. The molecule has 1 saturated heterocycles. The molecular formula is C20H20F2N4O3S. The first-order chi connectivity index (χ1) is 14.3. The van der Waals surface area contributed by atoms with Crippen molar-refractivity contribution in [2.24, 2.45) is 5.92 Å². The van der Waals surface area contributed by atoms with Gasteiger partial charge < -0.3 is 10.6 Å². The van der Waals surface area contributed by atoms with Gasteiger partial charge in [-0.05, 0) is 49.8 Å². The van der Waals surface area contributed by atoms with Crippen molar-refractivity contribution in [3.63, 3.8) is 0 Å². The topological polar surface area (TPSA) is 91.4 Å². The number of urea groups is 1. The van der Waals surface area contributed by atoms with E-state index in [1.807, 2.05) is 0 Å². The Balaban J connectivity index is 1.42. The van der Waals surface area contributed by atoms with Gasteiger partial charge in [0.25, 0.3) is 5.91 Å². The maximum atomic E-state index is 13.9. The van der Waals surface area contributed by atoms with Crippen molar-refractivity contribution in [1.82, 2.24) is 15.2 Å². The second kappa shape index (κ2) is 7.75. The molecule has 0 bridgehead atoms. The lowest BCUT2D eigenvalue weighted by molar-refractivity contribution is -0.135. The summed E-state index contributed by atoms with van der Waals surface area (Å²) in [5, 5.41) is 6.92. The third kappa shape index (κ3) is 3.79. The van der Waals surface area contributed by atoms with E-state index in [1.54, 1.807) is 0 Å². The number of aromatic nitrogens is 1. The summed E-state index contributed by atoms with van der Waals surface area (Å²) in [5.74, 6) is -1.71. The van der Waals surface area contributed by atoms with Crippen molar-refractivity contribution < 1.29 is 23.2 Å². The molecule has 158 valence electrons.